The van der Waals surface area contributed by atoms with E-state index in [9.17, 15) is 0 Å². The molecule has 1 aliphatic heterocycles. The van der Waals surface area contributed by atoms with Gasteiger partial charge >= 0.3 is 0 Å². The number of hydrogen-bond acceptors (Lipinski definition) is 2. The van der Waals surface area contributed by atoms with Crippen LogP contribution in [0.15, 0.2) is 97.2 Å². The first-order chi connectivity index (χ1) is 14.9. The van der Waals surface area contributed by atoms with Gasteiger partial charge < -0.3 is 0 Å². The van der Waals surface area contributed by atoms with Crippen LogP contribution in [-0.4, -0.2) is 22.5 Å². The maximum Gasteiger partial charge on any atom is 0.0701 e. The molecule has 4 aromatic rings. The number of nitrogens with zero attached hydrogens (tertiary/aromatic N) is 2. The highest BCUT2D eigenvalue weighted by Gasteiger charge is 2.34. The minimum absolute atomic E-state index is 0.285. The smallest absolute Gasteiger partial charge is 0.0701 e. The highest BCUT2D eigenvalue weighted by molar-refractivity contribution is 5.77. The molecule has 0 saturated carbocycles. The Hall–Kier alpha value is -2.97. The first-order valence-corrected chi connectivity index (χ1v) is 11.0. The van der Waals surface area contributed by atoms with Gasteiger partial charge in [0.15, 0.2) is 0 Å². The summed E-state index contributed by atoms with van der Waals surface area (Å²) >= 11 is 0. The lowest BCUT2D eigenvalue weighted by atomic mass is 9.82. The molecule has 0 amide bonds. The van der Waals surface area contributed by atoms with Crippen molar-refractivity contribution in [2.75, 3.05) is 7.05 Å². The van der Waals surface area contributed by atoms with E-state index in [0.717, 1.165) is 11.9 Å². The quantitative estimate of drug-likeness (QED) is 0.304. The summed E-state index contributed by atoms with van der Waals surface area (Å²) < 4.78 is 0. The molecule has 0 bridgehead atoms. The van der Waals surface area contributed by atoms with Crippen molar-refractivity contribution in [1.82, 2.24) is 9.88 Å². The molecule has 0 saturated heterocycles. The number of para-hydroxylation sites is 1. The molecule has 1 atom stereocenters. The number of likely N-dealkylation sites (N-methyl/N-ethyl adjacent to an activating group) is 1. The third-order valence-electron chi connectivity index (χ3n) is 6.12. The van der Waals surface area contributed by atoms with Crippen molar-refractivity contribution in [3.05, 3.63) is 114 Å². The number of aromatic nitrogens is 1. The number of aryl methyl sites for hydroxylation is 1. The molecule has 5 rings (SSSR count). The SMILES string of the molecule is CC1c2ccccc2CC(C)(C)N1C.Cc1ccccc1.c1ccc2ncccc2c1. The van der Waals surface area contributed by atoms with E-state index in [1.807, 2.05) is 48.7 Å². The van der Waals surface area contributed by atoms with Gasteiger partial charge in [-0.25, -0.2) is 0 Å². The lowest BCUT2D eigenvalue weighted by Crippen LogP contribution is -2.47. The highest BCUT2D eigenvalue weighted by atomic mass is 15.2. The number of hydrogen-bond donors (Lipinski definition) is 0. The monoisotopic (exact) mass is 410 g/mol. The second kappa shape index (κ2) is 10.4. The third-order valence-corrected chi connectivity index (χ3v) is 6.12. The van der Waals surface area contributed by atoms with Crippen molar-refractivity contribution >= 4 is 10.9 Å². The van der Waals surface area contributed by atoms with Gasteiger partial charge in [0.2, 0.25) is 0 Å². The normalized spacial score (nSPS) is 16.9. The fraction of sp³-hybridized carbons (Fsp3) is 0.276. The Bertz CT molecular complexity index is 1020. The van der Waals surface area contributed by atoms with Crippen LogP contribution in [-0.2, 0) is 6.42 Å². The van der Waals surface area contributed by atoms with Gasteiger partial charge in [-0.15, -0.1) is 0 Å². The Morgan fingerprint density at radius 3 is 2.10 bits per heavy atom. The molecule has 2 heteroatoms. The summed E-state index contributed by atoms with van der Waals surface area (Å²) in [6.45, 7) is 9.01. The van der Waals surface area contributed by atoms with Crippen molar-refractivity contribution in [2.24, 2.45) is 0 Å². The molecule has 3 aromatic carbocycles. The standard InChI is InChI=1S/C13H19N.C9H7N.C7H8/c1-10-12-8-6-5-7-11(12)9-13(2,3)14(10)4;1-2-6-9-8(4-1)5-3-7-10-9;1-7-5-3-2-4-6-7/h5-8,10H,9H2,1-4H3;1-7H;2-6H,1H3. The van der Waals surface area contributed by atoms with Crippen molar-refractivity contribution < 1.29 is 0 Å². The molecule has 0 N–H and O–H groups in total. The van der Waals surface area contributed by atoms with Gasteiger partial charge in [0, 0.05) is 23.2 Å². The van der Waals surface area contributed by atoms with Crippen LogP contribution in [0.3, 0.4) is 0 Å². The van der Waals surface area contributed by atoms with Gasteiger partial charge in [0.25, 0.3) is 0 Å². The predicted octanol–water partition coefficient (Wildman–Crippen LogP) is 7.24. The van der Waals surface area contributed by atoms with Crippen molar-refractivity contribution in [3.8, 4) is 0 Å². The average molecular weight is 411 g/mol. The fourth-order valence-corrected chi connectivity index (χ4v) is 3.98. The van der Waals surface area contributed by atoms with Gasteiger partial charge in [-0.2, -0.15) is 0 Å². The Balaban J connectivity index is 0.000000140. The first kappa shape index (κ1) is 22.7. The van der Waals surface area contributed by atoms with Crippen LogP contribution in [0.2, 0.25) is 0 Å². The lowest BCUT2D eigenvalue weighted by molar-refractivity contribution is 0.0946. The molecule has 160 valence electrons. The number of rotatable bonds is 0. The van der Waals surface area contributed by atoms with Crippen LogP contribution in [0.25, 0.3) is 10.9 Å². The van der Waals surface area contributed by atoms with Gasteiger partial charge in [0.05, 0.1) is 5.52 Å². The van der Waals surface area contributed by atoms with Crippen LogP contribution in [0.1, 0.15) is 43.5 Å². The zero-order chi connectivity index (χ0) is 22.3. The molecule has 1 unspecified atom stereocenters. The molecule has 31 heavy (non-hydrogen) atoms. The van der Waals surface area contributed by atoms with Gasteiger partial charge in [-0.3, -0.25) is 9.88 Å². The summed E-state index contributed by atoms with van der Waals surface area (Å²) in [5.41, 5.74) is 5.68. The zero-order valence-electron chi connectivity index (χ0n) is 19.4. The maximum atomic E-state index is 4.18. The molecule has 1 aliphatic rings. The third kappa shape index (κ3) is 6.02. The van der Waals surface area contributed by atoms with Crippen LogP contribution in [0.4, 0.5) is 0 Å². The topological polar surface area (TPSA) is 16.1 Å². The van der Waals surface area contributed by atoms with Crippen molar-refractivity contribution in [1.29, 1.82) is 0 Å². The van der Waals surface area contributed by atoms with Gasteiger partial charge in [-0.1, -0.05) is 84.4 Å². The largest absolute Gasteiger partial charge is 0.294 e. The van der Waals surface area contributed by atoms with Gasteiger partial charge in [0.1, 0.15) is 0 Å². The second-order valence-electron chi connectivity index (χ2n) is 8.83. The minimum atomic E-state index is 0.285. The Morgan fingerprint density at radius 1 is 0.806 bits per heavy atom. The molecule has 1 aromatic heterocycles. The summed E-state index contributed by atoms with van der Waals surface area (Å²) in [4.78, 5) is 6.65. The van der Waals surface area contributed by atoms with E-state index in [4.69, 9.17) is 0 Å². The molecule has 0 aliphatic carbocycles. The number of fused-ring (bicyclic) bond motifs is 2. The molecule has 0 spiro atoms. The van der Waals surface area contributed by atoms with E-state index < -0.39 is 0 Å². The Labute approximate surface area is 187 Å². The number of benzene rings is 3. The van der Waals surface area contributed by atoms with E-state index in [2.05, 4.69) is 93.2 Å². The van der Waals surface area contributed by atoms with Crippen molar-refractivity contribution in [3.63, 3.8) is 0 Å². The molecule has 0 radical (unpaired) electrons. The lowest BCUT2D eigenvalue weighted by Gasteiger charge is -2.45. The molecule has 2 nitrogen and oxygen atoms in total. The van der Waals surface area contributed by atoms with E-state index in [0.29, 0.717) is 6.04 Å². The van der Waals surface area contributed by atoms with E-state index >= 15 is 0 Å². The zero-order valence-corrected chi connectivity index (χ0v) is 19.4. The van der Waals surface area contributed by atoms with Crippen LogP contribution in [0, 0.1) is 6.92 Å². The van der Waals surface area contributed by atoms with Gasteiger partial charge in [-0.05, 0) is 64.4 Å². The molecule has 0 fully saturated rings. The summed E-state index contributed by atoms with van der Waals surface area (Å²) in [6, 6.07) is 31.7. The van der Waals surface area contributed by atoms with Crippen LogP contribution < -0.4 is 0 Å². The Kier molecular flexibility index (Phi) is 7.59. The highest BCUT2D eigenvalue weighted by Crippen LogP contribution is 2.36. The summed E-state index contributed by atoms with van der Waals surface area (Å²) in [5.74, 6) is 0. The average Bonchev–Trinajstić information content (AvgIpc) is 2.79. The fourth-order valence-electron chi connectivity index (χ4n) is 3.98. The minimum Gasteiger partial charge on any atom is -0.294 e. The summed E-state index contributed by atoms with van der Waals surface area (Å²) in [6.07, 6.45) is 2.96. The van der Waals surface area contributed by atoms with Crippen LogP contribution in [0.5, 0.6) is 0 Å². The summed E-state index contributed by atoms with van der Waals surface area (Å²) in [5, 5.41) is 1.20. The van der Waals surface area contributed by atoms with E-state index in [-0.39, 0.29) is 5.54 Å². The van der Waals surface area contributed by atoms with E-state index in [1.54, 1.807) is 0 Å². The van der Waals surface area contributed by atoms with Crippen molar-refractivity contribution in [2.45, 2.75) is 45.7 Å². The number of pyridine rings is 1. The molecular weight excluding hydrogens is 376 g/mol. The summed E-state index contributed by atoms with van der Waals surface area (Å²) in [7, 11) is 2.22. The molecule has 2 heterocycles. The predicted molar refractivity (Wildman–Crippen MR) is 133 cm³/mol. The maximum absolute atomic E-state index is 4.18. The van der Waals surface area contributed by atoms with Crippen LogP contribution >= 0.6 is 0 Å². The first-order valence-electron chi connectivity index (χ1n) is 11.0. The Morgan fingerprint density at radius 2 is 1.42 bits per heavy atom. The molecular formula is C29H34N2. The second-order valence-corrected chi connectivity index (χ2v) is 8.83. The van der Waals surface area contributed by atoms with E-state index in [1.165, 1.54) is 22.1 Å².